The molecule has 0 aromatic carbocycles. The second-order valence-corrected chi connectivity index (χ2v) is 7.73. The Bertz CT molecular complexity index is 820. The van der Waals surface area contributed by atoms with Crippen LogP contribution in [0.1, 0.15) is 32.1 Å². The van der Waals surface area contributed by atoms with Crippen LogP contribution in [0.4, 0.5) is 0 Å². The van der Waals surface area contributed by atoms with Crippen molar-refractivity contribution < 1.29 is 39.0 Å². The molecule has 17 heteroatoms. The number of guanidine groups is 1. The Hall–Kier alpha value is -3.60. The summed E-state index contributed by atoms with van der Waals surface area (Å²) in [6.07, 6.45) is -1.47. The van der Waals surface area contributed by atoms with Gasteiger partial charge in [-0.3, -0.25) is 29.0 Å². The van der Waals surface area contributed by atoms with Gasteiger partial charge in [-0.1, -0.05) is 0 Å². The maximum Gasteiger partial charge on any atom is 0.326 e. The minimum Gasteiger partial charge on any atom is -0.481 e. The van der Waals surface area contributed by atoms with Crippen LogP contribution in [0.15, 0.2) is 4.99 Å². The Labute approximate surface area is 206 Å². The van der Waals surface area contributed by atoms with Gasteiger partial charge in [0.1, 0.15) is 18.1 Å². The van der Waals surface area contributed by atoms with Gasteiger partial charge >= 0.3 is 11.9 Å². The summed E-state index contributed by atoms with van der Waals surface area (Å²) in [6.45, 7) is 0.0710. The molecule has 0 spiro atoms. The summed E-state index contributed by atoms with van der Waals surface area (Å²) in [5.41, 5.74) is 21.2. The molecule has 0 radical (unpaired) electrons. The Morgan fingerprint density at radius 1 is 0.829 bits per heavy atom. The zero-order valence-corrected chi connectivity index (χ0v) is 19.7. The molecule has 4 atom stereocenters. The van der Waals surface area contributed by atoms with Gasteiger partial charge in [0.2, 0.25) is 23.6 Å². The third kappa shape index (κ3) is 13.6. The van der Waals surface area contributed by atoms with Gasteiger partial charge in [0.25, 0.3) is 0 Å². The van der Waals surface area contributed by atoms with Gasteiger partial charge in [0, 0.05) is 18.7 Å². The maximum absolute atomic E-state index is 12.8. The maximum atomic E-state index is 12.8. The SMILES string of the molecule is NC(=O)CC(NC(=O)C(N)CS)C(=O)NC(CCCN=C(N)N)C(=O)NC(CCC(=O)O)C(=O)O. The fourth-order valence-corrected chi connectivity index (χ4v) is 2.78. The van der Waals surface area contributed by atoms with Crippen LogP contribution in [0.2, 0.25) is 0 Å². The lowest BCUT2D eigenvalue weighted by Crippen LogP contribution is -2.58. The molecule has 4 unspecified atom stereocenters. The second-order valence-electron chi connectivity index (χ2n) is 7.36. The molecule has 0 aliphatic heterocycles. The Kier molecular flexibility index (Phi) is 14.4. The standard InChI is InChI=1S/C18H32N8O8S/c19-8(7-35)14(30)26-11(6-12(20)27)16(32)24-9(2-1-5-23-18(21)22)15(31)25-10(17(33)34)3-4-13(28)29/h8-11,35H,1-7,19H2,(H2,20,27)(H,24,32)(H,25,31)(H,26,30)(H,28,29)(H,33,34)(H4,21,22,23). The lowest BCUT2D eigenvalue weighted by molar-refractivity contribution is -0.143. The molecule has 198 valence electrons. The summed E-state index contributed by atoms with van der Waals surface area (Å²) in [4.78, 5) is 74.9. The van der Waals surface area contributed by atoms with Crippen molar-refractivity contribution in [2.75, 3.05) is 12.3 Å². The number of hydrogen-bond donors (Lipinski definition) is 10. The fraction of sp³-hybridized carbons (Fsp3) is 0.611. The number of aliphatic carboxylic acids is 2. The van der Waals surface area contributed by atoms with Gasteiger partial charge in [-0.25, -0.2) is 4.79 Å². The Morgan fingerprint density at radius 2 is 1.37 bits per heavy atom. The number of carboxylic acid groups (broad SMARTS) is 2. The van der Waals surface area contributed by atoms with E-state index < -0.39 is 79.0 Å². The molecule has 0 aliphatic rings. The molecule has 0 aromatic heterocycles. The van der Waals surface area contributed by atoms with E-state index in [4.69, 9.17) is 28.0 Å². The number of nitrogens with one attached hydrogen (secondary N) is 3. The van der Waals surface area contributed by atoms with E-state index in [2.05, 4.69) is 33.6 Å². The van der Waals surface area contributed by atoms with Crippen LogP contribution in [0, 0.1) is 0 Å². The first-order chi connectivity index (χ1) is 16.3. The molecule has 0 saturated carbocycles. The summed E-state index contributed by atoms with van der Waals surface area (Å²) >= 11 is 3.88. The van der Waals surface area contributed by atoms with Gasteiger partial charge in [0.15, 0.2) is 5.96 Å². The molecular formula is C18H32N8O8S. The molecular weight excluding hydrogens is 488 g/mol. The third-order valence-electron chi connectivity index (χ3n) is 4.41. The predicted octanol–water partition coefficient (Wildman–Crippen LogP) is -4.42. The molecule has 35 heavy (non-hydrogen) atoms. The molecule has 13 N–H and O–H groups in total. The first kappa shape index (κ1) is 31.4. The van der Waals surface area contributed by atoms with Crippen LogP contribution in [0.5, 0.6) is 0 Å². The van der Waals surface area contributed by atoms with Gasteiger partial charge in [0.05, 0.1) is 12.5 Å². The van der Waals surface area contributed by atoms with Crippen molar-refractivity contribution in [3.8, 4) is 0 Å². The average molecular weight is 521 g/mol. The minimum atomic E-state index is -1.55. The van der Waals surface area contributed by atoms with Crippen molar-refractivity contribution in [3.05, 3.63) is 0 Å². The first-order valence-electron chi connectivity index (χ1n) is 10.3. The summed E-state index contributed by atoms with van der Waals surface area (Å²) in [5, 5.41) is 24.8. The van der Waals surface area contributed by atoms with E-state index in [1.165, 1.54) is 0 Å². The number of carbonyl (C=O) groups excluding carboxylic acids is 4. The Morgan fingerprint density at radius 3 is 1.86 bits per heavy atom. The zero-order chi connectivity index (χ0) is 27.1. The summed E-state index contributed by atoms with van der Waals surface area (Å²) in [6, 6.07) is -5.48. The number of hydrogen-bond acceptors (Lipinski definition) is 9. The van der Waals surface area contributed by atoms with Crippen LogP contribution in [-0.4, -0.2) is 88.2 Å². The molecule has 4 amide bonds. The average Bonchev–Trinajstić information content (AvgIpc) is 2.76. The van der Waals surface area contributed by atoms with Crippen LogP contribution < -0.4 is 38.9 Å². The van der Waals surface area contributed by atoms with Crippen molar-refractivity contribution in [2.24, 2.45) is 27.9 Å². The number of thiol groups is 1. The molecule has 0 saturated heterocycles. The number of amides is 4. The number of rotatable bonds is 17. The predicted molar refractivity (Wildman–Crippen MR) is 126 cm³/mol. The molecule has 0 bridgehead atoms. The van der Waals surface area contributed by atoms with E-state index in [0.717, 1.165) is 0 Å². The fourth-order valence-electron chi connectivity index (χ4n) is 2.61. The van der Waals surface area contributed by atoms with Crippen molar-refractivity contribution in [2.45, 2.75) is 56.3 Å². The van der Waals surface area contributed by atoms with Gasteiger partial charge < -0.3 is 49.1 Å². The number of aliphatic imine (C=N–C) groups is 1. The van der Waals surface area contributed by atoms with Crippen LogP contribution in [0.25, 0.3) is 0 Å². The topological polar surface area (TPSA) is 295 Å². The highest BCUT2D eigenvalue weighted by atomic mass is 32.1. The quantitative estimate of drug-likeness (QED) is 0.0377. The number of carbonyl (C=O) groups is 6. The van der Waals surface area contributed by atoms with Gasteiger partial charge in [-0.05, 0) is 19.3 Å². The minimum absolute atomic E-state index is 0.0561. The number of nitrogens with two attached hydrogens (primary N) is 4. The lowest BCUT2D eigenvalue weighted by Gasteiger charge is -2.24. The number of carboxylic acids is 2. The molecule has 16 nitrogen and oxygen atoms in total. The highest BCUT2D eigenvalue weighted by molar-refractivity contribution is 7.80. The van der Waals surface area contributed by atoms with E-state index in [0.29, 0.717) is 0 Å². The molecule has 0 heterocycles. The zero-order valence-electron chi connectivity index (χ0n) is 18.8. The lowest BCUT2D eigenvalue weighted by atomic mass is 10.1. The highest BCUT2D eigenvalue weighted by Crippen LogP contribution is 2.05. The summed E-state index contributed by atoms with van der Waals surface area (Å²) in [7, 11) is 0. The monoisotopic (exact) mass is 520 g/mol. The largest absolute Gasteiger partial charge is 0.481 e. The summed E-state index contributed by atoms with van der Waals surface area (Å²) < 4.78 is 0. The van der Waals surface area contributed by atoms with Crippen molar-refractivity contribution in [1.29, 1.82) is 0 Å². The van der Waals surface area contributed by atoms with E-state index in [9.17, 15) is 33.9 Å². The molecule has 0 aromatic rings. The van der Waals surface area contributed by atoms with E-state index >= 15 is 0 Å². The Balaban J connectivity index is 5.63. The van der Waals surface area contributed by atoms with E-state index in [-0.39, 0.29) is 31.1 Å². The van der Waals surface area contributed by atoms with Crippen LogP contribution >= 0.6 is 12.6 Å². The third-order valence-corrected chi connectivity index (χ3v) is 4.80. The number of nitrogens with zero attached hydrogens (tertiary/aromatic N) is 1. The second kappa shape index (κ2) is 16.1. The highest BCUT2D eigenvalue weighted by Gasteiger charge is 2.31. The van der Waals surface area contributed by atoms with Crippen LogP contribution in [0.3, 0.4) is 0 Å². The first-order valence-corrected chi connectivity index (χ1v) is 11.0. The summed E-state index contributed by atoms with van der Waals surface area (Å²) in [5.74, 6) is -6.66. The van der Waals surface area contributed by atoms with E-state index in [1.54, 1.807) is 0 Å². The smallest absolute Gasteiger partial charge is 0.326 e. The molecule has 0 rings (SSSR count). The van der Waals surface area contributed by atoms with Gasteiger partial charge in [-0.15, -0.1) is 0 Å². The molecule has 0 aliphatic carbocycles. The van der Waals surface area contributed by atoms with Crippen molar-refractivity contribution in [3.63, 3.8) is 0 Å². The van der Waals surface area contributed by atoms with Crippen LogP contribution in [-0.2, 0) is 28.8 Å². The normalized spacial score (nSPS) is 13.9. The van der Waals surface area contributed by atoms with E-state index in [1.807, 2.05) is 0 Å². The van der Waals surface area contributed by atoms with Crippen molar-refractivity contribution >= 4 is 54.2 Å². The molecule has 0 fully saturated rings. The van der Waals surface area contributed by atoms with Gasteiger partial charge in [-0.2, -0.15) is 12.6 Å². The van der Waals surface area contributed by atoms with Crippen molar-refractivity contribution in [1.82, 2.24) is 16.0 Å². The number of primary amides is 1.